The molecule has 96 valence electrons. The third-order valence-electron chi connectivity index (χ3n) is 3.00. The van der Waals surface area contributed by atoms with E-state index < -0.39 is 0 Å². The number of nitrogens with one attached hydrogen (secondary N) is 1. The van der Waals surface area contributed by atoms with Crippen molar-refractivity contribution in [2.45, 2.75) is 52.2 Å². The van der Waals surface area contributed by atoms with Gasteiger partial charge in [0, 0.05) is 6.04 Å². The number of hydrogen-bond donors (Lipinski definition) is 2. The zero-order chi connectivity index (χ0) is 12.7. The minimum absolute atomic E-state index is 0.202. The minimum Gasteiger partial charge on any atom is -0.393 e. The molecule has 2 nitrogen and oxygen atoms in total. The molecule has 0 saturated heterocycles. The average Bonchev–Trinajstić information content (AvgIpc) is 2.26. The smallest absolute Gasteiger partial charge is 0.0524 e. The molecule has 1 rings (SSSR count). The van der Waals surface area contributed by atoms with Crippen LogP contribution in [0.4, 0.5) is 0 Å². The van der Waals surface area contributed by atoms with Gasteiger partial charge in [0.15, 0.2) is 0 Å². The van der Waals surface area contributed by atoms with Gasteiger partial charge in [0.1, 0.15) is 0 Å². The van der Waals surface area contributed by atoms with Gasteiger partial charge in [-0.05, 0) is 52.1 Å². The van der Waals surface area contributed by atoms with Crippen molar-refractivity contribution < 1.29 is 5.11 Å². The van der Waals surface area contributed by atoms with Crippen LogP contribution >= 0.6 is 0 Å². The lowest BCUT2D eigenvalue weighted by Gasteiger charge is -2.14. The molecule has 0 radical (unpaired) electrons. The van der Waals surface area contributed by atoms with Crippen LogP contribution in [-0.2, 0) is 6.42 Å². The van der Waals surface area contributed by atoms with Gasteiger partial charge in [-0.15, -0.1) is 0 Å². The number of benzene rings is 1. The summed E-state index contributed by atoms with van der Waals surface area (Å²) in [6, 6.07) is 9.21. The second kappa shape index (κ2) is 7.46. The molecule has 0 saturated carbocycles. The molecule has 2 unspecified atom stereocenters. The van der Waals surface area contributed by atoms with Crippen molar-refractivity contribution in [1.29, 1.82) is 0 Å². The Kier molecular flexibility index (Phi) is 6.23. The SMILES string of the molecule is Cc1cccc(CCC(C)NCCC(C)O)c1. The van der Waals surface area contributed by atoms with E-state index in [4.69, 9.17) is 5.11 Å². The monoisotopic (exact) mass is 235 g/mol. The largest absolute Gasteiger partial charge is 0.393 e. The fourth-order valence-electron chi connectivity index (χ4n) is 1.89. The molecular formula is C15H25NO. The maximum Gasteiger partial charge on any atom is 0.0524 e. The molecule has 0 amide bonds. The lowest BCUT2D eigenvalue weighted by molar-refractivity contribution is 0.182. The third kappa shape index (κ3) is 6.44. The molecule has 0 aliphatic rings. The molecule has 17 heavy (non-hydrogen) atoms. The van der Waals surface area contributed by atoms with Crippen LogP contribution in [-0.4, -0.2) is 23.8 Å². The summed E-state index contributed by atoms with van der Waals surface area (Å²) in [7, 11) is 0. The van der Waals surface area contributed by atoms with Crippen molar-refractivity contribution in [3.8, 4) is 0 Å². The predicted octanol–water partition coefficient (Wildman–Crippen LogP) is 2.68. The second-order valence-corrected chi connectivity index (χ2v) is 5.02. The van der Waals surface area contributed by atoms with Crippen LogP contribution in [0.2, 0.25) is 0 Å². The molecule has 2 heteroatoms. The van der Waals surface area contributed by atoms with Crippen LogP contribution in [0.5, 0.6) is 0 Å². The summed E-state index contributed by atoms with van der Waals surface area (Å²) >= 11 is 0. The predicted molar refractivity (Wildman–Crippen MR) is 73.3 cm³/mol. The molecular weight excluding hydrogens is 210 g/mol. The van der Waals surface area contributed by atoms with Crippen molar-refractivity contribution in [3.05, 3.63) is 35.4 Å². The molecule has 1 aromatic rings. The van der Waals surface area contributed by atoms with E-state index in [1.807, 2.05) is 6.92 Å². The first-order valence-electron chi connectivity index (χ1n) is 6.55. The normalized spacial score (nSPS) is 14.6. The van der Waals surface area contributed by atoms with Gasteiger partial charge in [0.2, 0.25) is 0 Å². The lowest BCUT2D eigenvalue weighted by atomic mass is 10.0. The minimum atomic E-state index is -0.202. The van der Waals surface area contributed by atoms with Crippen LogP contribution in [0.25, 0.3) is 0 Å². The Balaban J connectivity index is 2.21. The highest BCUT2D eigenvalue weighted by Crippen LogP contribution is 2.08. The summed E-state index contributed by atoms with van der Waals surface area (Å²) in [6.45, 7) is 7.07. The number of rotatable bonds is 7. The third-order valence-corrected chi connectivity index (χ3v) is 3.00. The first-order chi connectivity index (χ1) is 8.08. The topological polar surface area (TPSA) is 32.3 Å². The van der Waals surface area contributed by atoms with Crippen LogP contribution in [0.15, 0.2) is 24.3 Å². The van der Waals surface area contributed by atoms with E-state index in [2.05, 4.69) is 43.4 Å². The molecule has 0 aromatic heterocycles. The van der Waals surface area contributed by atoms with Crippen molar-refractivity contribution in [1.82, 2.24) is 5.32 Å². The molecule has 0 bridgehead atoms. The van der Waals surface area contributed by atoms with Crippen molar-refractivity contribution in [3.63, 3.8) is 0 Å². The average molecular weight is 235 g/mol. The van der Waals surface area contributed by atoms with Crippen molar-refractivity contribution in [2.75, 3.05) is 6.54 Å². The molecule has 0 fully saturated rings. The summed E-state index contributed by atoms with van der Waals surface area (Å²) in [6.07, 6.45) is 2.88. The highest BCUT2D eigenvalue weighted by molar-refractivity contribution is 5.22. The maximum absolute atomic E-state index is 9.16. The van der Waals surface area contributed by atoms with Crippen LogP contribution in [0, 0.1) is 6.92 Å². The van der Waals surface area contributed by atoms with Gasteiger partial charge < -0.3 is 10.4 Å². The molecule has 0 aliphatic carbocycles. The van der Waals surface area contributed by atoms with E-state index in [0.29, 0.717) is 6.04 Å². The molecule has 2 atom stereocenters. The van der Waals surface area contributed by atoms with Gasteiger partial charge in [-0.25, -0.2) is 0 Å². The van der Waals surface area contributed by atoms with Gasteiger partial charge in [-0.3, -0.25) is 0 Å². The zero-order valence-electron chi connectivity index (χ0n) is 11.2. The van der Waals surface area contributed by atoms with Gasteiger partial charge in [-0.1, -0.05) is 29.8 Å². The van der Waals surface area contributed by atoms with Crippen molar-refractivity contribution in [2.24, 2.45) is 0 Å². The van der Waals surface area contributed by atoms with Gasteiger partial charge in [0.25, 0.3) is 0 Å². The summed E-state index contributed by atoms with van der Waals surface area (Å²) in [5.41, 5.74) is 2.74. The summed E-state index contributed by atoms with van der Waals surface area (Å²) in [4.78, 5) is 0. The number of aliphatic hydroxyl groups excluding tert-OH is 1. The van der Waals surface area contributed by atoms with Crippen LogP contribution < -0.4 is 5.32 Å². The Morgan fingerprint density at radius 1 is 1.24 bits per heavy atom. The Morgan fingerprint density at radius 3 is 2.65 bits per heavy atom. The number of aryl methyl sites for hydroxylation is 2. The Bertz CT molecular complexity index is 322. The van der Waals surface area contributed by atoms with E-state index in [-0.39, 0.29) is 6.10 Å². The maximum atomic E-state index is 9.16. The highest BCUT2D eigenvalue weighted by atomic mass is 16.3. The fourth-order valence-corrected chi connectivity index (χ4v) is 1.89. The summed E-state index contributed by atoms with van der Waals surface area (Å²) < 4.78 is 0. The first kappa shape index (κ1) is 14.2. The van der Waals surface area contributed by atoms with E-state index >= 15 is 0 Å². The zero-order valence-corrected chi connectivity index (χ0v) is 11.2. The summed E-state index contributed by atoms with van der Waals surface area (Å²) in [5.74, 6) is 0. The Hall–Kier alpha value is -0.860. The van der Waals surface area contributed by atoms with E-state index in [1.165, 1.54) is 11.1 Å². The van der Waals surface area contributed by atoms with Crippen LogP contribution in [0.3, 0.4) is 0 Å². The van der Waals surface area contributed by atoms with E-state index in [1.54, 1.807) is 0 Å². The summed E-state index contributed by atoms with van der Waals surface area (Å²) in [5, 5.41) is 12.6. The molecule has 1 aromatic carbocycles. The van der Waals surface area contributed by atoms with Crippen molar-refractivity contribution >= 4 is 0 Å². The standard InChI is InChI=1S/C15H25NO/c1-12-5-4-6-15(11-12)8-7-13(2)16-10-9-14(3)17/h4-6,11,13-14,16-17H,7-10H2,1-3H3. The van der Waals surface area contributed by atoms with E-state index in [0.717, 1.165) is 25.8 Å². The molecule has 0 spiro atoms. The number of hydrogen-bond acceptors (Lipinski definition) is 2. The fraction of sp³-hybridized carbons (Fsp3) is 0.600. The highest BCUT2D eigenvalue weighted by Gasteiger charge is 2.03. The number of aliphatic hydroxyl groups is 1. The molecule has 0 aliphatic heterocycles. The Labute approximate surface area is 105 Å². The van der Waals surface area contributed by atoms with Gasteiger partial charge >= 0.3 is 0 Å². The van der Waals surface area contributed by atoms with Crippen LogP contribution in [0.1, 0.15) is 37.8 Å². The van der Waals surface area contributed by atoms with E-state index in [9.17, 15) is 0 Å². The lowest BCUT2D eigenvalue weighted by Crippen LogP contribution is -2.29. The van der Waals surface area contributed by atoms with Gasteiger partial charge in [-0.2, -0.15) is 0 Å². The second-order valence-electron chi connectivity index (χ2n) is 5.02. The molecule has 0 heterocycles. The molecule has 2 N–H and O–H groups in total. The van der Waals surface area contributed by atoms with Gasteiger partial charge in [0.05, 0.1) is 6.10 Å². The Morgan fingerprint density at radius 2 is 2.00 bits per heavy atom. The first-order valence-corrected chi connectivity index (χ1v) is 6.55. The quantitative estimate of drug-likeness (QED) is 0.761.